The van der Waals surface area contributed by atoms with Crippen molar-refractivity contribution in [1.82, 2.24) is 0 Å². The molecule has 5 rings (SSSR count). The Morgan fingerprint density at radius 2 is 1.79 bits per heavy atom. The third-order valence-electron chi connectivity index (χ3n) is 12.4. The second kappa shape index (κ2) is 8.87. The number of allylic oxidation sites excluding steroid dienone is 3. The van der Waals surface area contributed by atoms with E-state index < -0.39 is 27.3 Å². The van der Waals surface area contributed by atoms with E-state index >= 15 is 0 Å². The number of ketones is 2. The second-order valence-electron chi connectivity index (χ2n) is 14.6. The van der Waals surface area contributed by atoms with Gasteiger partial charge < -0.3 is 14.6 Å². The summed E-state index contributed by atoms with van der Waals surface area (Å²) in [4.78, 5) is 42.8. The number of carbonyl (C=O) groups excluding carboxylic acids is 3. The Morgan fingerprint density at radius 1 is 1.15 bits per heavy atom. The van der Waals surface area contributed by atoms with Crippen LogP contribution in [0.4, 0.5) is 0 Å². The van der Waals surface area contributed by atoms with Crippen molar-refractivity contribution >= 4 is 17.5 Å². The predicted octanol–water partition coefficient (Wildman–Crippen LogP) is 6.48. The first-order valence-corrected chi connectivity index (χ1v) is 14.3. The topological polar surface area (TPSA) is 85.0 Å². The van der Waals surface area contributed by atoms with E-state index in [-0.39, 0.29) is 53.0 Å². The highest BCUT2D eigenvalue weighted by molar-refractivity contribution is 6.02. The van der Waals surface area contributed by atoms with Gasteiger partial charge >= 0.3 is 5.97 Å². The number of nitrogens with zero attached hydrogens (tertiary/aromatic N) is 1. The minimum absolute atomic E-state index is 0.0164. The van der Waals surface area contributed by atoms with Crippen LogP contribution >= 0.6 is 0 Å². The highest BCUT2D eigenvalue weighted by atomic mass is 16.5. The maximum absolute atomic E-state index is 14.4. The Labute approximate surface area is 235 Å². The summed E-state index contributed by atoms with van der Waals surface area (Å²) in [5, 5.41) is 12.9. The summed E-state index contributed by atoms with van der Waals surface area (Å²) >= 11 is 0. The molecule has 0 bridgehead atoms. The maximum atomic E-state index is 14.4. The van der Waals surface area contributed by atoms with Gasteiger partial charge in [-0.05, 0) is 67.8 Å². The molecule has 0 amide bonds. The number of ether oxygens (including phenoxy) is 1. The van der Waals surface area contributed by atoms with Crippen LogP contribution in [-0.4, -0.2) is 34.9 Å². The third kappa shape index (κ3) is 3.64. The van der Waals surface area contributed by atoms with Gasteiger partial charge in [-0.3, -0.25) is 9.59 Å². The molecule has 0 aromatic carbocycles. The zero-order valence-electron chi connectivity index (χ0n) is 26.1. The minimum Gasteiger partial charge on any atom is -0.465 e. The molecule has 0 aliphatic heterocycles. The van der Waals surface area contributed by atoms with E-state index in [0.717, 1.165) is 37.7 Å². The van der Waals surface area contributed by atoms with Crippen LogP contribution in [0.2, 0.25) is 0 Å². The second-order valence-corrected chi connectivity index (χ2v) is 14.6. The molecule has 3 fully saturated rings. The summed E-state index contributed by atoms with van der Waals surface area (Å²) in [6.07, 6.45) is 9.01. The van der Waals surface area contributed by atoms with Crippen molar-refractivity contribution in [3.63, 3.8) is 0 Å². The molecule has 5 aliphatic rings. The van der Waals surface area contributed by atoms with E-state index in [0.29, 0.717) is 12.8 Å². The molecule has 0 spiro atoms. The van der Waals surface area contributed by atoms with Gasteiger partial charge in [-0.1, -0.05) is 60.6 Å². The number of aliphatic hydroxyl groups is 1. The molecular weight excluding hydrogens is 490 g/mol. The first kappa shape index (κ1) is 28.3. The average molecular weight is 540 g/mol. The first-order chi connectivity index (χ1) is 18.5. The van der Waals surface area contributed by atoms with Gasteiger partial charge in [-0.25, -0.2) is 4.85 Å². The van der Waals surface area contributed by atoms with Crippen LogP contribution in [0, 0.1) is 51.4 Å². The fraction of sp³-hybridized carbons (Fsp3) is 0.758. The molecule has 1 N–H and O–H groups in total. The number of hydrogen-bond acceptors (Lipinski definition) is 5. The largest absolute Gasteiger partial charge is 0.465 e. The van der Waals surface area contributed by atoms with Crippen LogP contribution < -0.4 is 0 Å². The molecule has 214 valence electrons. The van der Waals surface area contributed by atoms with Crippen molar-refractivity contribution in [2.24, 2.45) is 44.8 Å². The first-order valence-electron chi connectivity index (χ1n) is 15.3. The van der Waals surface area contributed by atoms with E-state index in [2.05, 4.69) is 39.5 Å². The lowest BCUT2D eigenvalue weighted by Crippen LogP contribution is -2.74. The van der Waals surface area contributed by atoms with Gasteiger partial charge in [0.1, 0.15) is 5.60 Å². The SMILES string of the molecule is [3H]C.[C-]#[N+]C1=C[C@]2(C)C3=CC(=O)[C@]4(O)[C@@H]5CC(C)(C)CC[C@]5(COC(C)=O)CC[C@@]4(C)[C@]3(C)CC[C@H]2[C@H](C)C1=O. The standard InChI is InChI=1S/C32H43NO5.CH4/c1-19-21-9-10-29(6)23(28(21,5)16-22(33-8)26(19)36)15-25(35)32(37)24-17-27(3,4)11-13-31(24,18-38-20(2)34)14-12-30(29,32)7;/h15-16,19,21,24,37H,9-14,17-18H2,1-7H3;1H4/t19-,21-,24+,28-,29+,30-,31+,32+;/m0./s1/i;1T. The molecule has 0 heterocycles. The zero-order chi connectivity index (χ0) is 30.1. The Balaban J connectivity index is 0.00000181. The molecule has 0 unspecified atom stereocenters. The highest BCUT2D eigenvalue weighted by Gasteiger charge is 2.75. The van der Waals surface area contributed by atoms with Gasteiger partial charge in [-0.2, -0.15) is 0 Å². The summed E-state index contributed by atoms with van der Waals surface area (Å²) in [5.74, 6) is -1.29. The minimum atomic E-state index is -1.59. The van der Waals surface area contributed by atoms with Crippen LogP contribution in [0.1, 0.15) is 102 Å². The molecular formula is C33H47NO5. The quantitative estimate of drug-likeness (QED) is 0.321. The van der Waals surface area contributed by atoms with Crippen molar-refractivity contribution < 1.29 is 25.6 Å². The lowest BCUT2D eigenvalue weighted by atomic mass is 9.33. The molecule has 0 saturated heterocycles. The van der Waals surface area contributed by atoms with E-state index in [1.54, 1.807) is 6.08 Å². The monoisotopic (exact) mass is 539 g/mol. The molecule has 3 saturated carbocycles. The third-order valence-corrected chi connectivity index (χ3v) is 12.4. The van der Waals surface area contributed by atoms with Gasteiger partial charge in [0.05, 0.1) is 13.2 Å². The Bertz CT molecular complexity index is 1230. The molecule has 0 radical (unpaired) electrons. The number of carbonyl (C=O) groups is 3. The number of fused-ring (bicyclic) bond motifs is 7. The number of rotatable bonds is 2. The van der Waals surface area contributed by atoms with Crippen molar-refractivity contribution in [2.45, 2.75) is 106 Å². The van der Waals surface area contributed by atoms with Gasteiger partial charge in [-0.15, -0.1) is 0 Å². The van der Waals surface area contributed by atoms with E-state index in [1.165, 1.54) is 14.3 Å². The molecule has 6 nitrogen and oxygen atoms in total. The summed E-state index contributed by atoms with van der Waals surface area (Å²) in [6.45, 7) is 22.0. The summed E-state index contributed by atoms with van der Waals surface area (Å²) < 4.78 is 11.4. The van der Waals surface area contributed by atoms with Crippen LogP contribution in [-0.2, 0) is 19.1 Å². The van der Waals surface area contributed by atoms with Gasteiger partial charge in [0.25, 0.3) is 0 Å². The van der Waals surface area contributed by atoms with Crippen LogP contribution in [0.25, 0.3) is 4.85 Å². The van der Waals surface area contributed by atoms with E-state index in [9.17, 15) is 19.5 Å². The molecule has 6 heteroatoms. The Morgan fingerprint density at radius 3 is 2.41 bits per heavy atom. The predicted molar refractivity (Wildman–Crippen MR) is 150 cm³/mol. The molecule has 0 aromatic rings. The molecule has 39 heavy (non-hydrogen) atoms. The van der Waals surface area contributed by atoms with Gasteiger partial charge in [0.15, 0.2) is 11.6 Å². The lowest BCUT2D eigenvalue weighted by molar-refractivity contribution is -0.251. The Kier molecular flexibility index (Phi) is 6.43. The molecule has 0 aromatic heterocycles. The van der Waals surface area contributed by atoms with Crippen molar-refractivity contribution in [3.05, 3.63) is 34.8 Å². The van der Waals surface area contributed by atoms with Crippen molar-refractivity contribution in [1.29, 1.82) is 0 Å². The Hall–Kier alpha value is -2.26. The molecule has 8 atom stereocenters. The normalized spacial score (nSPS) is 46.3. The van der Waals surface area contributed by atoms with Gasteiger partial charge in [0, 0.05) is 36.4 Å². The fourth-order valence-electron chi connectivity index (χ4n) is 9.84. The average Bonchev–Trinajstić information content (AvgIpc) is 2.90. The number of esters is 1. The highest BCUT2D eigenvalue weighted by Crippen LogP contribution is 2.75. The smallest absolute Gasteiger partial charge is 0.302 e. The van der Waals surface area contributed by atoms with Crippen molar-refractivity contribution in [3.8, 4) is 0 Å². The maximum Gasteiger partial charge on any atom is 0.302 e. The summed E-state index contributed by atoms with van der Waals surface area (Å²) in [7, 11) is 1.25. The lowest BCUT2D eigenvalue weighted by Gasteiger charge is -2.71. The van der Waals surface area contributed by atoms with E-state index in [4.69, 9.17) is 12.7 Å². The van der Waals surface area contributed by atoms with E-state index in [1.807, 2.05) is 13.0 Å². The van der Waals surface area contributed by atoms with Crippen LogP contribution in [0.3, 0.4) is 0 Å². The van der Waals surface area contributed by atoms with Crippen molar-refractivity contribution in [2.75, 3.05) is 6.61 Å². The van der Waals surface area contributed by atoms with Crippen LogP contribution in [0.5, 0.6) is 0 Å². The summed E-state index contributed by atoms with van der Waals surface area (Å²) in [5.41, 5.74) is -2.75. The summed E-state index contributed by atoms with van der Waals surface area (Å²) in [6, 6.07) is 0. The van der Waals surface area contributed by atoms with Crippen LogP contribution in [0.15, 0.2) is 23.4 Å². The van der Waals surface area contributed by atoms with Gasteiger partial charge in [0.2, 0.25) is 5.70 Å². The fourth-order valence-corrected chi connectivity index (χ4v) is 9.84. The number of hydrogen-bond donors (Lipinski definition) is 1. The zero-order valence-corrected chi connectivity index (χ0v) is 25.1. The number of Topliss-reactive ketones (excluding diaryl/α,β-unsaturated/α-hetero) is 1. The molecule has 5 aliphatic carbocycles.